The molecule has 0 saturated carbocycles. The Balaban J connectivity index is 1.93. The Kier molecular flexibility index (Phi) is 4.57. The molecule has 5 heteroatoms. The number of thioether (sulfide) groups is 1. The van der Waals surface area contributed by atoms with Crippen molar-refractivity contribution in [2.24, 2.45) is 0 Å². The highest BCUT2D eigenvalue weighted by molar-refractivity contribution is 7.98. The molecule has 23 heavy (non-hydrogen) atoms. The number of hydrogen-bond acceptors (Lipinski definition) is 3. The predicted octanol–water partition coefficient (Wildman–Crippen LogP) is 3.82. The van der Waals surface area contributed by atoms with Gasteiger partial charge < -0.3 is 0 Å². The molecule has 2 aromatic carbocycles. The second-order valence-electron chi connectivity index (χ2n) is 5.07. The summed E-state index contributed by atoms with van der Waals surface area (Å²) in [6.45, 7) is 0.243. The third kappa shape index (κ3) is 3.68. The van der Waals surface area contributed by atoms with E-state index in [1.807, 2.05) is 30.5 Å². The van der Waals surface area contributed by atoms with Crippen LogP contribution in [-0.2, 0) is 6.54 Å². The van der Waals surface area contributed by atoms with Gasteiger partial charge in [0.05, 0.1) is 12.2 Å². The van der Waals surface area contributed by atoms with Gasteiger partial charge in [-0.05, 0) is 42.2 Å². The van der Waals surface area contributed by atoms with E-state index in [9.17, 15) is 9.18 Å². The van der Waals surface area contributed by atoms with Crippen molar-refractivity contribution >= 4 is 11.8 Å². The summed E-state index contributed by atoms with van der Waals surface area (Å²) >= 11 is 1.67. The molecule has 0 aliphatic rings. The van der Waals surface area contributed by atoms with Gasteiger partial charge in [-0.15, -0.1) is 11.8 Å². The average molecular weight is 326 g/mol. The number of rotatable bonds is 4. The molecule has 1 aromatic heterocycles. The van der Waals surface area contributed by atoms with Crippen molar-refractivity contribution in [1.82, 2.24) is 9.78 Å². The average Bonchev–Trinajstić information content (AvgIpc) is 2.57. The Morgan fingerprint density at radius 3 is 2.57 bits per heavy atom. The van der Waals surface area contributed by atoms with Crippen LogP contribution in [0.5, 0.6) is 0 Å². The monoisotopic (exact) mass is 326 g/mol. The molecule has 0 saturated heterocycles. The Hall–Kier alpha value is -2.40. The highest BCUT2D eigenvalue weighted by Gasteiger charge is 2.05. The zero-order chi connectivity index (χ0) is 16.2. The molecule has 0 aliphatic heterocycles. The molecule has 0 aliphatic carbocycles. The normalized spacial score (nSPS) is 10.7. The minimum atomic E-state index is -0.320. The van der Waals surface area contributed by atoms with Gasteiger partial charge in [0.25, 0.3) is 5.56 Å². The van der Waals surface area contributed by atoms with Gasteiger partial charge in [0.2, 0.25) is 0 Å². The van der Waals surface area contributed by atoms with Crippen LogP contribution >= 0.6 is 11.8 Å². The van der Waals surface area contributed by atoms with Crippen LogP contribution < -0.4 is 5.56 Å². The van der Waals surface area contributed by atoms with E-state index in [1.54, 1.807) is 30.0 Å². The molecule has 0 bridgehead atoms. The first-order chi connectivity index (χ1) is 11.2. The highest BCUT2D eigenvalue weighted by Crippen LogP contribution is 2.20. The van der Waals surface area contributed by atoms with E-state index in [2.05, 4.69) is 5.10 Å². The topological polar surface area (TPSA) is 34.9 Å². The molecule has 3 rings (SSSR count). The van der Waals surface area contributed by atoms with Gasteiger partial charge >= 0.3 is 0 Å². The lowest BCUT2D eigenvalue weighted by molar-refractivity contribution is 0.612. The van der Waals surface area contributed by atoms with Gasteiger partial charge in [0.15, 0.2) is 0 Å². The molecule has 0 N–H and O–H groups in total. The van der Waals surface area contributed by atoms with E-state index in [0.29, 0.717) is 11.3 Å². The van der Waals surface area contributed by atoms with Crippen LogP contribution in [0.1, 0.15) is 5.56 Å². The third-order valence-corrected chi connectivity index (χ3v) is 4.22. The van der Waals surface area contributed by atoms with E-state index in [0.717, 1.165) is 5.56 Å². The summed E-state index contributed by atoms with van der Waals surface area (Å²) in [4.78, 5) is 13.2. The maximum absolute atomic E-state index is 13.3. The van der Waals surface area contributed by atoms with Gasteiger partial charge in [-0.2, -0.15) is 5.10 Å². The summed E-state index contributed by atoms with van der Waals surface area (Å²) in [6, 6.07) is 17.4. The maximum Gasteiger partial charge on any atom is 0.267 e. The lowest BCUT2D eigenvalue weighted by Gasteiger charge is -2.08. The second kappa shape index (κ2) is 6.79. The highest BCUT2D eigenvalue weighted by atomic mass is 32.2. The van der Waals surface area contributed by atoms with Crippen LogP contribution in [-0.4, -0.2) is 16.0 Å². The smallest absolute Gasteiger partial charge is 0.267 e. The van der Waals surface area contributed by atoms with Crippen LogP contribution in [0, 0.1) is 5.82 Å². The molecule has 116 valence electrons. The first kappa shape index (κ1) is 15.5. The van der Waals surface area contributed by atoms with Crippen LogP contribution in [0.3, 0.4) is 0 Å². The van der Waals surface area contributed by atoms with Crippen molar-refractivity contribution in [3.05, 3.63) is 82.4 Å². The van der Waals surface area contributed by atoms with E-state index in [4.69, 9.17) is 0 Å². The lowest BCUT2D eigenvalue weighted by atomic mass is 10.1. The number of hydrogen-bond donors (Lipinski definition) is 0. The van der Waals surface area contributed by atoms with Gasteiger partial charge in [0, 0.05) is 16.5 Å². The molecule has 0 unspecified atom stereocenters. The molecular formula is C18H15FN2OS. The van der Waals surface area contributed by atoms with E-state index < -0.39 is 0 Å². The van der Waals surface area contributed by atoms with Crippen molar-refractivity contribution in [1.29, 1.82) is 0 Å². The largest absolute Gasteiger partial charge is 0.268 e. The number of halogens is 1. The summed E-state index contributed by atoms with van der Waals surface area (Å²) in [6.07, 6.45) is 2.02. The fourth-order valence-corrected chi connectivity index (χ4v) is 2.69. The van der Waals surface area contributed by atoms with Crippen molar-refractivity contribution < 1.29 is 4.39 Å². The first-order valence-corrected chi connectivity index (χ1v) is 8.35. The molecule has 1 heterocycles. The van der Waals surface area contributed by atoms with Gasteiger partial charge in [-0.3, -0.25) is 4.79 Å². The number of aromatic nitrogens is 2. The second-order valence-corrected chi connectivity index (χ2v) is 5.95. The number of benzene rings is 2. The number of nitrogens with zero attached hydrogens (tertiary/aromatic N) is 2. The predicted molar refractivity (Wildman–Crippen MR) is 91.2 cm³/mol. The maximum atomic E-state index is 13.3. The van der Waals surface area contributed by atoms with Gasteiger partial charge in [-0.1, -0.05) is 24.3 Å². The molecule has 0 spiro atoms. The standard InChI is InChI=1S/C18H15FN2OS/c1-23-16-7-5-14(6-8-16)17-9-10-18(22)21(20-17)12-13-3-2-4-15(19)11-13/h2-11H,12H2,1H3. The SMILES string of the molecule is CSc1ccc(-c2ccc(=O)n(Cc3cccc(F)c3)n2)cc1. The Morgan fingerprint density at radius 2 is 1.87 bits per heavy atom. The molecule has 0 radical (unpaired) electrons. The molecular weight excluding hydrogens is 311 g/mol. The van der Waals surface area contributed by atoms with Gasteiger partial charge in [0.1, 0.15) is 5.82 Å². The minimum absolute atomic E-state index is 0.209. The van der Waals surface area contributed by atoms with Crippen LogP contribution in [0.2, 0.25) is 0 Å². The summed E-state index contributed by atoms with van der Waals surface area (Å²) in [7, 11) is 0. The molecule has 0 fully saturated rings. The Bertz CT molecular complexity index is 875. The summed E-state index contributed by atoms with van der Waals surface area (Å²) < 4.78 is 14.6. The zero-order valence-electron chi connectivity index (χ0n) is 12.6. The molecule has 3 aromatic rings. The van der Waals surface area contributed by atoms with Gasteiger partial charge in [-0.25, -0.2) is 9.07 Å². The summed E-state index contributed by atoms with van der Waals surface area (Å²) in [5.41, 5.74) is 2.15. The lowest BCUT2D eigenvalue weighted by Crippen LogP contribution is -2.22. The van der Waals surface area contributed by atoms with E-state index >= 15 is 0 Å². The Labute approximate surface area is 137 Å². The summed E-state index contributed by atoms with van der Waals surface area (Å²) in [5, 5.41) is 4.40. The quantitative estimate of drug-likeness (QED) is 0.684. The summed E-state index contributed by atoms with van der Waals surface area (Å²) in [5.74, 6) is -0.320. The van der Waals surface area contributed by atoms with Crippen molar-refractivity contribution in [2.75, 3.05) is 6.26 Å². The van der Waals surface area contributed by atoms with E-state index in [1.165, 1.54) is 27.8 Å². The molecule has 3 nitrogen and oxygen atoms in total. The van der Waals surface area contributed by atoms with Crippen LogP contribution in [0.15, 0.2) is 70.4 Å². The van der Waals surface area contributed by atoms with Crippen LogP contribution in [0.25, 0.3) is 11.3 Å². The fraction of sp³-hybridized carbons (Fsp3) is 0.111. The molecule has 0 amide bonds. The molecule has 0 atom stereocenters. The van der Waals surface area contributed by atoms with E-state index in [-0.39, 0.29) is 17.9 Å². The Morgan fingerprint density at radius 1 is 1.09 bits per heavy atom. The van der Waals surface area contributed by atoms with Crippen molar-refractivity contribution in [3.63, 3.8) is 0 Å². The first-order valence-electron chi connectivity index (χ1n) is 7.13. The van der Waals surface area contributed by atoms with Crippen LogP contribution in [0.4, 0.5) is 4.39 Å². The van der Waals surface area contributed by atoms with Crippen molar-refractivity contribution in [3.8, 4) is 11.3 Å². The third-order valence-electron chi connectivity index (χ3n) is 3.47. The zero-order valence-corrected chi connectivity index (χ0v) is 13.4. The fourth-order valence-electron chi connectivity index (χ4n) is 2.29. The van der Waals surface area contributed by atoms with Crippen molar-refractivity contribution in [2.45, 2.75) is 11.4 Å². The minimum Gasteiger partial charge on any atom is -0.268 e.